The van der Waals surface area contributed by atoms with E-state index in [4.69, 9.17) is 16.3 Å². The van der Waals surface area contributed by atoms with Crippen molar-refractivity contribution in [1.29, 1.82) is 0 Å². The molecular weight excluding hydrogens is 384 g/mol. The molecule has 0 aliphatic rings. The molecule has 0 spiro atoms. The fraction of sp³-hybridized carbons (Fsp3) is 0.0588. The van der Waals surface area contributed by atoms with Crippen LogP contribution in [0.25, 0.3) is 5.69 Å². The molecule has 1 N–H and O–H groups in total. The van der Waals surface area contributed by atoms with Gasteiger partial charge in [0, 0.05) is 12.1 Å². The van der Waals surface area contributed by atoms with E-state index in [1.54, 1.807) is 0 Å². The van der Waals surface area contributed by atoms with Gasteiger partial charge in [0.1, 0.15) is 16.5 Å². The summed E-state index contributed by atoms with van der Waals surface area (Å²) < 4.78 is 33.9. The second kappa shape index (κ2) is 7.35. The largest absolute Gasteiger partial charge is 0.422 e. The van der Waals surface area contributed by atoms with Crippen molar-refractivity contribution in [2.75, 3.05) is 12.4 Å². The molecule has 1 aromatic heterocycles. The number of rotatable bonds is 4. The van der Waals surface area contributed by atoms with Crippen LogP contribution in [0.5, 0.6) is 11.8 Å². The molecule has 0 saturated carbocycles. The van der Waals surface area contributed by atoms with Gasteiger partial charge < -0.3 is 10.1 Å². The molecule has 1 heterocycles. The highest BCUT2D eigenvalue weighted by Crippen LogP contribution is 2.28. The summed E-state index contributed by atoms with van der Waals surface area (Å²) in [6.07, 6.45) is 0. The monoisotopic (exact) mass is 395 g/mol. The van der Waals surface area contributed by atoms with E-state index in [-0.39, 0.29) is 33.2 Å². The van der Waals surface area contributed by atoms with Gasteiger partial charge in [-0.05, 0) is 42.5 Å². The lowest BCUT2D eigenvalue weighted by Crippen LogP contribution is -2.24. The van der Waals surface area contributed by atoms with Crippen LogP contribution in [0.4, 0.5) is 14.5 Å². The van der Waals surface area contributed by atoms with Gasteiger partial charge >= 0.3 is 6.01 Å². The highest BCUT2D eigenvalue weighted by molar-refractivity contribution is 7.80. The maximum Gasteiger partial charge on any atom is 0.310 e. The molecule has 0 saturated heterocycles. The SMILES string of the molecule is CNc1c(S)nc(Oc2ccc(Cl)cc2F)n(-c2ccc(F)cc2)c1=O. The molecule has 0 radical (unpaired) electrons. The predicted octanol–water partition coefficient (Wildman–Crippen LogP) is 4.29. The normalized spacial score (nSPS) is 10.7. The van der Waals surface area contributed by atoms with E-state index >= 15 is 0 Å². The maximum atomic E-state index is 14.1. The summed E-state index contributed by atoms with van der Waals surface area (Å²) in [6.45, 7) is 0. The lowest BCUT2D eigenvalue weighted by Gasteiger charge is -2.15. The van der Waals surface area contributed by atoms with Crippen molar-refractivity contribution in [2.45, 2.75) is 5.03 Å². The zero-order chi connectivity index (χ0) is 18.8. The Bertz CT molecular complexity index is 1030. The van der Waals surface area contributed by atoms with Crippen molar-refractivity contribution in [1.82, 2.24) is 9.55 Å². The van der Waals surface area contributed by atoms with Gasteiger partial charge in [0.15, 0.2) is 11.6 Å². The topological polar surface area (TPSA) is 56.2 Å². The summed E-state index contributed by atoms with van der Waals surface area (Å²) in [5, 5.41) is 2.96. The van der Waals surface area contributed by atoms with Gasteiger partial charge in [0.25, 0.3) is 5.56 Å². The van der Waals surface area contributed by atoms with Crippen molar-refractivity contribution in [3.05, 3.63) is 69.5 Å². The molecule has 0 atom stereocenters. The van der Waals surface area contributed by atoms with E-state index < -0.39 is 17.2 Å². The van der Waals surface area contributed by atoms with Gasteiger partial charge in [0.2, 0.25) is 0 Å². The first kappa shape index (κ1) is 18.2. The minimum absolute atomic E-state index is 0.0697. The van der Waals surface area contributed by atoms with Crippen molar-refractivity contribution in [3.8, 4) is 17.4 Å². The minimum Gasteiger partial charge on any atom is -0.422 e. The summed E-state index contributed by atoms with van der Waals surface area (Å²) in [7, 11) is 1.53. The fourth-order valence-corrected chi connectivity index (χ4v) is 2.70. The molecule has 134 valence electrons. The summed E-state index contributed by atoms with van der Waals surface area (Å²) in [5.74, 6) is -1.38. The molecule has 26 heavy (non-hydrogen) atoms. The van der Waals surface area contributed by atoms with Crippen LogP contribution in [0, 0.1) is 11.6 Å². The number of benzene rings is 2. The average Bonchev–Trinajstić information content (AvgIpc) is 2.59. The lowest BCUT2D eigenvalue weighted by molar-refractivity contribution is 0.394. The third-order valence-corrected chi connectivity index (χ3v) is 4.02. The van der Waals surface area contributed by atoms with Crippen LogP contribution in [0.2, 0.25) is 5.02 Å². The van der Waals surface area contributed by atoms with E-state index in [9.17, 15) is 13.6 Å². The number of thiol groups is 1. The lowest BCUT2D eigenvalue weighted by atomic mass is 10.3. The van der Waals surface area contributed by atoms with Crippen molar-refractivity contribution < 1.29 is 13.5 Å². The first-order valence-corrected chi connectivity index (χ1v) is 8.16. The predicted molar refractivity (Wildman–Crippen MR) is 98.1 cm³/mol. The second-order valence-corrected chi connectivity index (χ2v) is 6.00. The molecule has 0 aliphatic heterocycles. The van der Waals surface area contributed by atoms with Crippen molar-refractivity contribution >= 4 is 29.9 Å². The molecule has 0 unspecified atom stereocenters. The number of nitrogens with one attached hydrogen (secondary N) is 1. The summed E-state index contributed by atoms with van der Waals surface area (Å²) in [6, 6.07) is 8.70. The number of hydrogen-bond acceptors (Lipinski definition) is 5. The van der Waals surface area contributed by atoms with Gasteiger partial charge in [-0.15, -0.1) is 12.6 Å². The van der Waals surface area contributed by atoms with Crippen molar-refractivity contribution in [3.63, 3.8) is 0 Å². The van der Waals surface area contributed by atoms with Gasteiger partial charge in [-0.2, -0.15) is 4.98 Å². The Kier molecular flexibility index (Phi) is 5.15. The molecule has 2 aromatic carbocycles. The molecule has 5 nitrogen and oxygen atoms in total. The maximum absolute atomic E-state index is 14.1. The zero-order valence-electron chi connectivity index (χ0n) is 13.3. The smallest absolute Gasteiger partial charge is 0.310 e. The van der Waals surface area contributed by atoms with Crippen molar-refractivity contribution in [2.24, 2.45) is 0 Å². The van der Waals surface area contributed by atoms with E-state index in [0.717, 1.165) is 10.6 Å². The first-order chi connectivity index (χ1) is 12.4. The number of ether oxygens (including phenoxy) is 1. The third-order valence-electron chi connectivity index (χ3n) is 3.46. The summed E-state index contributed by atoms with van der Waals surface area (Å²) in [4.78, 5) is 16.9. The molecule has 0 amide bonds. The Hall–Kier alpha value is -2.58. The van der Waals surface area contributed by atoms with Crippen LogP contribution in [-0.4, -0.2) is 16.6 Å². The molecule has 0 fully saturated rings. The summed E-state index contributed by atoms with van der Waals surface area (Å²) >= 11 is 9.89. The van der Waals surface area contributed by atoms with Crippen LogP contribution in [0.1, 0.15) is 0 Å². The van der Waals surface area contributed by atoms with Crippen LogP contribution in [-0.2, 0) is 0 Å². The summed E-state index contributed by atoms with van der Waals surface area (Å²) in [5.41, 5.74) is -0.136. The average molecular weight is 396 g/mol. The molecule has 0 aliphatic carbocycles. The number of nitrogens with zero attached hydrogens (tertiary/aromatic N) is 2. The Morgan fingerprint density at radius 3 is 2.50 bits per heavy atom. The Morgan fingerprint density at radius 2 is 1.88 bits per heavy atom. The molecular formula is C17H12ClF2N3O2S. The first-order valence-electron chi connectivity index (χ1n) is 7.33. The fourth-order valence-electron chi connectivity index (χ4n) is 2.25. The van der Waals surface area contributed by atoms with Gasteiger partial charge in [-0.25, -0.2) is 13.3 Å². The number of halogens is 3. The standard InChI is InChI=1S/C17H12ClF2N3O2S/c1-21-14-15(26)22-17(25-13-7-2-9(18)8-12(13)20)23(16(14)24)11-5-3-10(19)4-6-11/h2-8,21,26H,1H3. The van der Waals surface area contributed by atoms with Crippen LogP contribution in [0.15, 0.2) is 52.3 Å². The van der Waals surface area contributed by atoms with Crippen LogP contribution < -0.4 is 15.6 Å². The van der Waals surface area contributed by atoms with Crippen LogP contribution in [0.3, 0.4) is 0 Å². The third kappa shape index (κ3) is 3.51. The van der Waals surface area contributed by atoms with E-state index in [1.807, 2.05) is 0 Å². The van der Waals surface area contributed by atoms with E-state index in [1.165, 1.54) is 43.4 Å². The highest BCUT2D eigenvalue weighted by Gasteiger charge is 2.18. The Morgan fingerprint density at radius 1 is 1.19 bits per heavy atom. The van der Waals surface area contributed by atoms with Gasteiger partial charge in [-0.3, -0.25) is 4.79 Å². The van der Waals surface area contributed by atoms with Gasteiger partial charge in [-0.1, -0.05) is 11.6 Å². The minimum atomic E-state index is -0.726. The Labute approximate surface area is 157 Å². The second-order valence-electron chi connectivity index (χ2n) is 5.14. The van der Waals surface area contributed by atoms with Crippen LogP contribution >= 0.6 is 24.2 Å². The van der Waals surface area contributed by atoms with E-state index in [0.29, 0.717) is 0 Å². The quantitative estimate of drug-likeness (QED) is 0.511. The van der Waals surface area contributed by atoms with E-state index in [2.05, 4.69) is 22.9 Å². The highest BCUT2D eigenvalue weighted by atomic mass is 35.5. The number of hydrogen-bond donors (Lipinski definition) is 2. The number of aromatic nitrogens is 2. The molecule has 3 aromatic rings. The van der Waals surface area contributed by atoms with Gasteiger partial charge in [0.05, 0.1) is 5.69 Å². The zero-order valence-corrected chi connectivity index (χ0v) is 15.0. The molecule has 9 heteroatoms. The molecule has 3 rings (SSSR count). The molecule has 0 bridgehead atoms. The number of anilines is 1. The Balaban J connectivity index is 2.20.